The Bertz CT molecular complexity index is 1240. The highest BCUT2D eigenvalue weighted by atomic mass is 32.2. The summed E-state index contributed by atoms with van der Waals surface area (Å²) in [5.74, 6) is 1.54. The monoisotopic (exact) mass is 529 g/mol. The molecule has 0 bridgehead atoms. The van der Waals surface area contributed by atoms with E-state index in [0.29, 0.717) is 11.8 Å². The zero-order valence-corrected chi connectivity index (χ0v) is 23.5. The molecule has 0 aliphatic carbocycles. The minimum absolute atomic E-state index is 0.146. The van der Waals surface area contributed by atoms with Gasteiger partial charge in [0, 0.05) is 43.7 Å². The molecule has 0 saturated carbocycles. The van der Waals surface area contributed by atoms with Crippen LogP contribution in [0.3, 0.4) is 0 Å². The molecule has 3 aromatic rings. The van der Waals surface area contributed by atoms with Crippen molar-refractivity contribution < 1.29 is 9.59 Å². The van der Waals surface area contributed by atoms with E-state index in [1.807, 2.05) is 24.3 Å². The number of amides is 2. The molecule has 2 aliphatic rings. The smallest absolute Gasteiger partial charge is 0.254 e. The quantitative estimate of drug-likeness (QED) is 0.375. The number of nitrogens with zero attached hydrogens (tertiary/aromatic N) is 3. The Morgan fingerprint density at radius 2 is 1.53 bits per heavy atom. The average Bonchev–Trinajstić information content (AvgIpc) is 2.96. The summed E-state index contributed by atoms with van der Waals surface area (Å²) in [7, 11) is 3.60. The van der Waals surface area contributed by atoms with Gasteiger partial charge in [-0.1, -0.05) is 48.5 Å². The van der Waals surface area contributed by atoms with Gasteiger partial charge < -0.3 is 14.7 Å². The number of hydrogen-bond acceptors (Lipinski definition) is 4. The number of carbonyl (C=O) groups is 2. The van der Waals surface area contributed by atoms with E-state index >= 15 is 0 Å². The maximum absolute atomic E-state index is 13.3. The summed E-state index contributed by atoms with van der Waals surface area (Å²) < 4.78 is 0. The fraction of sp³-hybridized carbons (Fsp3) is 0.438. The third-order valence-electron chi connectivity index (χ3n) is 8.25. The zero-order chi connectivity index (χ0) is 26.5. The van der Waals surface area contributed by atoms with Gasteiger partial charge in [0.25, 0.3) is 5.91 Å². The molecule has 6 heteroatoms. The van der Waals surface area contributed by atoms with Crippen molar-refractivity contribution in [2.24, 2.45) is 5.92 Å². The van der Waals surface area contributed by atoms with Crippen LogP contribution in [0, 0.1) is 5.92 Å². The summed E-state index contributed by atoms with van der Waals surface area (Å²) >= 11 is 1.61. The number of benzene rings is 3. The standard InChI is InChI=1S/C32H39N3O2S/c1-33(2)31(36)23-38-28-12-10-24(11-13-28)22-25-14-18-34(19-15-25)27-16-20-35(21-17-27)32(37)30-9-5-7-26-6-3-4-8-29(26)30/h3-13,25,27H,14-23H2,1-2H3. The molecule has 5 nitrogen and oxygen atoms in total. The molecule has 0 radical (unpaired) electrons. The first-order chi connectivity index (χ1) is 18.5. The summed E-state index contributed by atoms with van der Waals surface area (Å²) in [5, 5.41) is 2.18. The highest BCUT2D eigenvalue weighted by Crippen LogP contribution is 2.28. The van der Waals surface area contributed by atoms with E-state index in [-0.39, 0.29) is 11.8 Å². The molecule has 0 atom stereocenters. The van der Waals surface area contributed by atoms with Crippen LogP contribution < -0.4 is 0 Å². The highest BCUT2D eigenvalue weighted by Gasteiger charge is 2.30. The number of piperidine rings is 2. The summed E-state index contributed by atoms with van der Waals surface area (Å²) in [4.78, 5) is 32.7. The van der Waals surface area contributed by atoms with Gasteiger partial charge in [-0.3, -0.25) is 9.59 Å². The predicted molar refractivity (Wildman–Crippen MR) is 157 cm³/mol. The normalized spacial score (nSPS) is 17.6. The number of fused-ring (bicyclic) bond motifs is 1. The minimum Gasteiger partial charge on any atom is -0.348 e. The lowest BCUT2D eigenvalue weighted by Gasteiger charge is -2.42. The van der Waals surface area contributed by atoms with Crippen molar-refractivity contribution in [3.8, 4) is 0 Å². The average molecular weight is 530 g/mol. The molecule has 3 aromatic carbocycles. The van der Waals surface area contributed by atoms with Gasteiger partial charge in [-0.05, 0) is 85.6 Å². The van der Waals surface area contributed by atoms with Gasteiger partial charge in [-0.15, -0.1) is 11.8 Å². The topological polar surface area (TPSA) is 43.9 Å². The Balaban J connectivity index is 1.06. The number of hydrogen-bond donors (Lipinski definition) is 0. The Hall–Kier alpha value is -2.83. The van der Waals surface area contributed by atoms with Crippen molar-refractivity contribution in [3.05, 3.63) is 77.9 Å². The first kappa shape index (κ1) is 26.8. The molecule has 2 amide bonds. The van der Waals surface area contributed by atoms with E-state index in [2.05, 4.69) is 52.3 Å². The second-order valence-corrected chi connectivity index (χ2v) is 12.0. The Labute approximate surface area is 231 Å². The fourth-order valence-corrected chi connectivity index (χ4v) is 6.74. The summed E-state index contributed by atoms with van der Waals surface area (Å²) in [6.45, 7) is 4.01. The van der Waals surface area contributed by atoms with Crippen LogP contribution in [0.1, 0.15) is 41.6 Å². The second-order valence-electron chi connectivity index (χ2n) is 11.0. The van der Waals surface area contributed by atoms with Crippen molar-refractivity contribution >= 4 is 34.3 Å². The molecular formula is C32H39N3O2S. The lowest BCUT2D eigenvalue weighted by Crippen LogP contribution is -2.49. The lowest BCUT2D eigenvalue weighted by molar-refractivity contribution is -0.125. The van der Waals surface area contributed by atoms with Crippen LogP contribution in [0.25, 0.3) is 10.8 Å². The van der Waals surface area contributed by atoms with Gasteiger partial charge >= 0.3 is 0 Å². The molecule has 2 aliphatic heterocycles. The molecule has 200 valence electrons. The van der Waals surface area contributed by atoms with E-state index in [9.17, 15) is 9.59 Å². The number of likely N-dealkylation sites (tertiary alicyclic amines) is 2. The summed E-state index contributed by atoms with van der Waals surface area (Å²) in [6, 6.07) is 23.6. The largest absolute Gasteiger partial charge is 0.348 e. The van der Waals surface area contributed by atoms with Crippen molar-refractivity contribution in [1.29, 1.82) is 0 Å². The predicted octanol–water partition coefficient (Wildman–Crippen LogP) is 5.58. The molecule has 2 saturated heterocycles. The maximum Gasteiger partial charge on any atom is 0.254 e. The van der Waals surface area contributed by atoms with Crippen molar-refractivity contribution in [3.63, 3.8) is 0 Å². The van der Waals surface area contributed by atoms with E-state index in [0.717, 1.165) is 72.6 Å². The molecule has 5 rings (SSSR count). The van der Waals surface area contributed by atoms with E-state index < -0.39 is 0 Å². The van der Waals surface area contributed by atoms with Crippen LogP contribution in [-0.2, 0) is 11.2 Å². The van der Waals surface area contributed by atoms with Crippen LogP contribution >= 0.6 is 11.8 Å². The number of thioether (sulfide) groups is 1. The molecule has 2 fully saturated rings. The first-order valence-electron chi connectivity index (χ1n) is 13.9. The highest BCUT2D eigenvalue weighted by molar-refractivity contribution is 8.00. The van der Waals surface area contributed by atoms with Gasteiger partial charge in [0.2, 0.25) is 5.91 Å². The molecule has 0 N–H and O–H groups in total. The van der Waals surface area contributed by atoms with Crippen LogP contribution in [-0.4, -0.2) is 78.6 Å². The van der Waals surface area contributed by atoms with E-state index in [4.69, 9.17) is 0 Å². The zero-order valence-electron chi connectivity index (χ0n) is 22.6. The van der Waals surface area contributed by atoms with Crippen molar-refractivity contribution in [2.45, 2.75) is 43.0 Å². The molecule has 2 heterocycles. The summed E-state index contributed by atoms with van der Waals surface area (Å²) in [5.41, 5.74) is 2.23. The van der Waals surface area contributed by atoms with Crippen molar-refractivity contribution in [1.82, 2.24) is 14.7 Å². The third-order valence-corrected chi connectivity index (χ3v) is 9.24. The minimum atomic E-state index is 0.146. The van der Waals surface area contributed by atoms with Crippen molar-refractivity contribution in [2.75, 3.05) is 46.0 Å². The second kappa shape index (κ2) is 12.4. The molecular weight excluding hydrogens is 490 g/mol. The summed E-state index contributed by atoms with van der Waals surface area (Å²) in [6.07, 6.45) is 5.74. The van der Waals surface area contributed by atoms with Gasteiger partial charge in [-0.2, -0.15) is 0 Å². The Morgan fingerprint density at radius 1 is 0.842 bits per heavy atom. The van der Waals surface area contributed by atoms with Gasteiger partial charge in [0.1, 0.15) is 0 Å². The SMILES string of the molecule is CN(C)C(=O)CSc1ccc(CC2CCN(C3CCN(C(=O)c4cccc5ccccc45)CC3)CC2)cc1. The van der Waals surface area contributed by atoms with Gasteiger partial charge in [0.05, 0.1) is 5.75 Å². The molecule has 38 heavy (non-hydrogen) atoms. The fourth-order valence-electron chi connectivity index (χ4n) is 5.87. The van der Waals surface area contributed by atoms with Crippen LogP contribution in [0.15, 0.2) is 71.6 Å². The molecule has 0 aromatic heterocycles. The lowest BCUT2D eigenvalue weighted by atomic mass is 9.88. The van der Waals surface area contributed by atoms with Crippen LogP contribution in [0.2, 0.25) is 0 Å². The van der Waals surface area contributed by atoms with E-state index in [1.165, 1.54) is 18.4 Å². The first-order valence-corrected chi connectivity index (χ1v) is 14.9. The number of carbonyl (C=O) groups excluding carboxylic acids is 2. The number of rotatable bonds is 7. The van der Waals surface area contributed by atoms with Gasteiger partial charge in [0.15, 0.2) is 0 Å². The maximum atomic E-state index is 13.3. The molecule has 0 unspecified atom stereocenters. The van der Waals surface area contributed by atoms with Crippen LogP contribution in [0.4, 0.5) is 0 Å². The van der Waals surface area contributed by atoms with E-state index in [1.54, 1.807) is 30.8 Å². The van der Waals surface area contributed by atoms with Crippen LogP contribution in [0.5, 0.6) is 0 Å². The Kier molecular flexibility index (Phi) is 8.70. The molecule has 0 spiro atoms. The van der Waals surface area contributed by atoms with Gasteiger partial charge in [-0.25, -0.2) is 0 Å². The third kappa shape index (κ3) is 6.41. The Morgan fingerprint density at radius 3 is 2.24 bits per heavy atom.